The third-order valence-electron chi connectivity index (χ3n) is 3.90. The average Bonchev–Trinajstić information content (AvgIpc) is 3.28. The van der Waals surface area contributed by atoms with Crippen molar-refractivity contribution in [2.24, 2.45) is 10.1 Å². The zero-order valence-electron chi connectivity index (χ0n) is 15.0. The lowest BCUT2D eigenvalue weighted by atomic mass is 10.1. The number of carbonyl (C=O) groups is 1. The fourth-order valence-electron chi connectivity index (χ4n) is 2.71. The number of nitrogens with zero attached hydrogens (tertiary/aromatic N) is 3. The molecular weight excluding hydrogens is 362 g/mol. The number of carbonyl (C=O) groups excluding carboxylic acids is 1. The molecule has 0 saturated carbocycles. The number of aromatic amines is 1. The Hall–Kier alpha value is -3.13. The molecule has 138 valence electrons. The van der Waals surface area contributed by atoms with E-state index in [0.717, 1.165) is 21.8 Å². The Kier molecular flexibility index (Phi) is 4.64. The molecule has 2 N–H and O–H groups in total. The van der Waals surface area contributed by atoms with E-state index in [4.69, 9.17) is 4.74 Å². The molecule has 2 aromatic heterocycles. The average molecular weight is 381 g/mol. The highest BCUT2D eigenvalue weighted by Crippen LogP contribution is 2.32. The summed E-state index contributed by atoms with van der Waals surface area (Å²) in [6.07, 6.45) is 3.62. The summed E-state index contributed by atoms with van der Waals surface area (Å²) in [5, 5.41) is 9.48. The highest BCUT2D eigenvalue weighted by molar-refractivity contribution is 7.07. The van der Waals surface area contributed by atoms with Gasteiger partial charge in [-0.2, -0.15) is 5.10 Å². The summed E-state index contributed by atoms with van der Waals surface area (Å²) in [5.41, 5.74) is 3.38. The van der Waals surface area contributed by atoms with Crippen LogP contribution in [0, 0.1) is 0 Å². The second-order valence-corrected chi connectivity index (χ2v) is 7.19. The topological polar surface area (TPSA) is 83.8 Å². The van der Waals surface area contributed by atoms with E-state index in [1.54, 1.807) is 6.21 Å². The van der Waals surface area contributed by atoms with Crippen molar-refractivity contribution in [2.45, 2.75) is 19.9 Å². The van der Waals surface area contributed by atoms with Crippen molar-refractivity contribution in [1.29, 1.82) is 0 Å². The van der Waals surface area contributed by atoms with Gasteiger partial charge in [0.2, 0.25) is 4.80 Å². The van der Waals surface area contributed by atoms with Crippen LogP contribution in [0.3, 0.4) is 0 Å². The highest BCUT2D eigenvalue weighted by Gasteiger charge is 2.17. The number of rotatable bonds is 4. The number of thiazole rings is 1. The maximum atomic E-state index is 11.6. The Morgan fingerprint density at radius 2 is 2.22 bits per heavy atom. The van der Waals surface area contributed by atoms with E-state index in [1.165, 1.54) is 11.3 Å². The normalized spacial score (nSPS) is 14.5. The van der Waals surface area contributed by atoms with Gasteiger partial charge < -0.3 is 15.0 Å². The molecule has 3 aromatic rings. The number of fused-ring (bicyclic) bond motifs is 1. The fourth-order valence-corrected chi connectivity index (χ4v) is 3.68. The summed E-state index contributed by atoms with van der Waals surface area (Å²) < 4.78 is 7.26. The van der Waals surface area contributed by atoms with Crippen LogP contribution in [-0.4, -0.2) is 34.4 Å². The van der Waals surface area contributed by atoms with Crippen LogP contribution >= 0.6 is 11.3 Å². The third kappa shape index (κ3) is 3.70. The number of hydrogen-bond donors (Lipinski definition) is 2. The van der Waals surface area contributed by atoms with E-state index < -0.39 is 0 Å². The van der Waals surface area contributed by atoms with Crippen LogP contribution in [0.25, 0.3) is 11.3 Å². The van der Waals surface area contributed by atoms with Gasteiger partial charge >= 0.3 is 0 Å². The van der Waals surface area contributed by atoms with Crippen molar-refractivity contribution < 1.29 is 9.53 Å². The van der Waals surface area contributed by atoms with Crippen molar-refractivity contribution >= 4 is 29.1 Å². The number of hydrogen-bond acceptors (Lipinski definition) is 5. The second-order valence-electron chi connectivity index (χ2n) is 6.36. The van der Waals surface area contributed by atoms with Crippen LogP contribution in [0.1, 0.15) is 19.5 Å². The summed E-state index contributed by atoms with van der Waals surface area (Å²) in [4.78, 5) is 20.2. The van der Waals surface area contributed by atoms with E-state index in [1.807, 2.05) is 60.4 Å². The van der Waals surface area contributed by atoms with Crippen molar-refractivity contribution in [3.05, 3.63) is 52.4 Å². The van der Waals surface area contributed by atoms with Crippen LogP contribution in [0.15, 0.2) is 52.0 Å². The molecule has 0 bridgehead atoms. The largest absolute Gasteiger partial charge is 0.482 e. The standard InChI is InChI=1S/C19H19N5O2S/c1-12(2)22-19-24(21-9-14-4-3-7-20-14)16(11-27-19)13-5-6-17-15(8-13)23-18(25)10-26-17/h3-9,11-12,20H,10H2,1-2H3,(H,23,25). The molecule has 1 aliphatic heterocycles. The molecule has 0 unspecified atom stereocenters. The summed E-state index contributed by atoms with van der Waals surface area (Å²) in [6.45, 7) is 4.11. The van der Waals surface area contributed by atoms with Crippen molar-refractivity contribution in [3.63, 3.8) is 0 Å². The molecule has 0 spiro atoms. The lowest BCUT2D eigenvalue weighted by molar-refractivity contribution is -0.118. The summed E-state index contributed by atoms with van der Waals surface area (Å²) in [5.74, 6) is 0.514. The first kappa shape index (κ1) is 17.3. The van der Waals surface area contributed by atoms with Gasteiger partial charge in [0.25, 0.3) is 5.91 Å². The van der Waals surface area contributed by atoms with Crippen molar-refractivity contribution in [2.75, 3.05) is 11.9 Å². The molecule has 8 heteroatoms. The zero-order valence-corrected chi connectivity index (χ0v) is 15.8. The Bertz CT molecular complexity index is 1060. The van der Waals surface area contributed by atoms with Gasteiger partial charge in [0.05, 0.1) is 23.3 Å². The predicted molar refractivity (Wildman–Crippen MR) is 106 cm³/mol. The van der Waals surface area contributed by atoms with Gasteiger partial charge in [-0.25, -0.2) is 4.68 Å². The summed E-state index contributed by atoms with van der Waals surface area (Å²) in [6, 6.07) is 9.74. The molecule has 0 fully saturated rings. The minimum atomic E-state index is -0.155. The Balaban J connectivity index is 1.80. The van der Waals surface area contributed by atoms with Crippen LogP contribution in [-0.2, 0) is 4.79 Å². The Morgan fingerprint density at radius 3 is 3.00 bits per heavy atom. The number of anilines is 1. The fraction of sp³-hybridized carbons (Fsp3) is 0.211. The molecular formula is C19H19N5O2S. The van der Waals surface area contributed by atoms with Crippen LogP contribution < -0.4 is 14.9 Å². The lowest BCUT2D eigenvalue weighted by Crippen LogP contribution is -2.25. The van der Waals surface area contributed by atoms with Crippen molar-refractivity contribution in [1.82, 2.24) is 9.66 Å². The number of benzene rings is 1. The lowest BCUT2D eigenvalue weighted by Gasteiger charge is -2.18. The van der Waals surface area contributed by atoms with Gasteiger partial charge in [0.1, 0.15) is 5.75 Å². The predicted octanol–water partition coefficient (Wildman–Crippen LogP) is 3.07. The van der Waals surface area contributed by atoms with Gasteiger partial charge in [-0.1, -0.05) is 0 Å². The summed E-state index contributed by atoms with van der Waals surface area (Å²) in [7, 11) is 0. The third-order valence-corrected chi connectivity index (χ3v) is 4.73. The van der Waals surface area contributed by atoms with Gasteiger partial charge in [-0.05, 0) is 44.2 Å². The number of H-pyrrole nitrogens is 1. The molecule has 0 radical (unpaired) electrons. The molecule has 0 aliphatic carbocycles. The van der Waals surface area contributed by atoms with E-state index in [-0.39, 0.29) is 18.6 Å². The molecule has 27 heavy (non-hydrogen) atoms. The van der Waals surface area contributed by atoms with E-state index in [0.29, 0.717) is 11.4 Å². The van der Waals surface area contributed by atoms with E-state index >= 15 is 0 Å². The van der Waals surface area contributed by atoms with E-state index in [9.17, 15) is 4.79 Å². The zero-order chi connectivity index (χ0) is 18.8. The van der Waals surface area contributed by atoms with Crippen molar-refractivity contribution in [3.8, 4) is 17.0 Å². The highest BCUT2D eigenvalue weighted by atomic mass is 32.1. The van der Waals surface area contributed by atoms with Gasteiger partial charge in [0.15, 0.2) is 6.61 Å². The number of amides is 1. The Labute approximate surface area is 160 Å². The first-order valence-electron chi connectivity index (χ1n) is 8.59. The van der Waals surface area contributed by atoms with Gasteiger partial charge in [0, 0.05) is 23.2 Å². The molecule has 4 rings (SSSR count). The number of nitrogens with one attached hydrogen (secondary N) is 2. The smallest absolute Gasteiger partial charge is 0.262 e. The molecule has 0 saturated heterocycles. The first-order chi connectivity index (χ1) is 13.1. The molecule has 0 atom stereocenters. The summed E-state index contributed by atoms with van der Waals surface area (Å²) >= 11 is 1.53. The quantitative estimate of drug-likeness (QED) is 0.681. The maximum absolute atomic E-state index is 11.6. The minimum absolute atomic E-state index is 0.0443. The SMILES string of the molecule is CC(C)N=c1scc(-c2ccc3c(c2)NC(=O)CO3)n1N=Cc1ccc[nH]1. The number of aromatic nitrogens is 2. The number of ether oxygens (including phenoxy) is 1. The molecule has 1 aliphatic rings. The van der Waals surface area contributed by atoms with Gasteiger partial charge in [-0.3, -0.25) is 9.79 Å². The van der Waals surface area contributed by atoms with Crippen LogP contribution in [0.2, 0.25) is 0 Å². The van der Waals surface area contributed by atoms with Crippen LogP contribution in [0.4, 0.5) is 5.69 Å². The minimum Gasteiger partial charge on any atom is -0.482 e. The Morgan fingerprint density at radius 1 is 1.33 bits per heavy atom. The molecule has 3 heterocycles. The monoisotopic (exact) mass is 381 g/mol. The second kappa shape index (κ2) is 7.24. The molecule has 1 amide bonds. The maximum Gasteiger partial charge on any atom is 0.262 e. The van der Waals surface area contributed by atoms with E-state index in [2.05, 4.69) is 20.4 Å². The molecule has 7 nitrogen and oxygen atoms in total. The van der Waals surface area contributed by atoms with Crippen LogP contribution in [0.5, 0.6) is 5.75 Å². The van der Waals surface area contributed by atoms with Gasteiger partial charge in [-0.15, -0.1) is 11.3 Å². The molecule has 1 aromatic carbocycles. The first-order valence-corrected chi connectivity index (χ1v) is 9.47.